The first-order valence-electron chi connectivity index (χ1n) is 9.69. The van der Waals surface area contributed by atoms with Gasteiger partial charge >= 0.3 is 0 Å². The van der Waals surface area contributed by atoms with E-state index in [1.807, 2.05) is 18.9 Å². The summed E-state index contributed by atoms with van der Waals surface area (Å²) < 4.78 is 45.2. The van der Waals surface area contributed by atoms with Crippen LogP contribution in [0.25, 0.3) is 0 Å². The van der Waals surface area contributed by atoms with Gasteiger partial charge in [0.2, 0.25) is 11.9 Å². The summed E-state index contributed by atoms with van der Waals surface area (Å²) in [5.74, 6) is -2.43. The third-order valence-corrected chi connectivity index (χ3v) is 5.63. The van der Waals surface area contributed by atoms with Gasteiger partial charge in [-0.1, -0.05) is 0 Å². The minimum atomic E-state index is -1.24. The number of carbonyl (C=O) groups is 1. The zero-order valence-corrected chi connectivity index (χ0v) is 16.8. The summed E-state index contributed by atoms with van der Waals surface area (Å²) in [6, 6.07) is 0.985. The number of amides is 1. The quantitative estimate of drug-likeness (QED) is 0.722. The van der Waals surface area contributed by atoms with Crippen LogP contribution >= 0.6 is 0 Å². The Balaban J connectivity index is 1.34. The summed E-state index contributed by atoms with van der Waals surface area (Å²) in [4.78, 5) is 22.8. The Bertz CT molecular complexity index is 997. The number of carbonyl (C=O) groups excluding carboxylic acids is 1. The number of halogens is 3. The second kappa shape index (κ2) is 7.66. The van der Waals surface area contributed by atoms with Gasteiger partial charge in [0.25, 0.3) is 0 Å². The third-order valence-electron chi connectivity index (χ3n) is 5.63. The molecule has 1 fully saturated rings. The lowest BCUT2D eigenvalue weighted by Gasteiger charge is -2.36. The van der Waals surface area contributed by atoms with Crippen molar-refractivity contribution >= 4 is 23.4 Å². The number of nitrogens with zero attached hydrogens (tertiary/aromatic N) is 3. The first-order chi connectivity index (χ1) is 14.2. The van der Waals surface area contributed by atoms with Gasteiger partial charge in [-0.2, -0.15) is 4.98 Å². The molecule has 2 aromatic rings. The molecule has 7 nitrogen and oxygen atoms in total. The number of rotatable bonds is 5. The van der Waals surface area contributed by atoms with E-state index in [0.717, 1.165) is 18.9 Å². The second-order valence-corrected chi connectivity index (χ2v) is 7.79. The van der Waals surface area contributed by atoms with Gasteiger partial charge in [0.15, 0.2) is 29.0 Å². The van der Waals surface area contributed by atoms with Crippen LogP contribution in [0.5, 0.6) is 5.75 Å². The monoisotopic (exact) mass is 421 g/mol. The molecule has 0 radical (unpaired) electrons. The molecule has 0 saturated heterocycles. The molecule has 1 aromatic carbocycles. The summed E-state index contributed by atoms with van der Waals surface area (Å²) in [5, 5.41) is 6.11. The highest BCUT2D eigenvalue weighted by atomic mass is 19.2. The number of anilines is 3. The number of benzene rings is 1. The highest BCUT2D eigenvalue weighted by Gasteiger charge is 2.33. The molecule has 10 heteroatoms. The SMILES string of the molecule is Cc1nc(NC2CC(COc3cc(F)c(F)cc3F)C2)nc2c1NC(=O)[C@H](C)N2C. The largest absolute Gasteiger partial charge is 0.490 e. The molecule has 1 aromatic heterocycles. The van der Waals surface area contributed by atoms with E-state index in [4.69, 9.17) is 4.74 Å². The van der Waals surface area contributed by atoms with E-state index >= 15 is 0 Å². The molecule has 1 amide bonds. The molecular formula is C20H22F3N5O2. The number of hydrogen-bond acceptors (Lipinski definition) is 6. The number of fused-ring (bicyclic) bond motifs is 1. The number of likely N-dealkylation sites (N-methyl/N-ethyl adjacent to an activating group) is 1. The van der Waals surface area contributed by atoms with Crippen LogP contribution in [0.1, 0.15) is 25.5 Å². The third kappa shape index (κ3) is 3.73. The summed E-state index contributed by atoms with van der Waals surface area (Å²) in [6.45, 7) is 3.81. The maximum Gasteiger partial charge on any atom is 0.246 e. The molecule has 0 spiro atoms. The molecule has 2 heterocycles. The highest BCUT2D eigenvalue weighted by Crippen LogP contribution is 2.34. The van der Waals surface area contributed by atoms with E-state index < -0.39 is 17.5 Å². The Morgan fingerprint density at radius 3 is 2.63 bits per heavy atom. The zero-order chi connectivity index (χ0) is 21.6. The fourth-order valence-corrected chi connectivity index (χ4v) is 3.61. The molecular weight excluding hydrogens is 399 g/mol. The summed E-state index contributed by atoms with van der Waals surface area (Å²) in [7, 11) is 1.81. The summed E-state index contributed by atoms with van der Waals surface area (Å²) in [5.41, 5.74) is 1.28. The zero-order valence-electron chi connectivity index (χ0n) is 16.8. The Morgan fingerprint density at radius 1 is 1.20 bits per heavy atom. The fraction of sp³-hybridized carbons (Fsp3) is 0.450. The van der Waals surface area contributed by atoms with Crippen LogP contribution in [-0.4, -0.2) is 41.6 Å². The maximum atomic E-state index is 13.6. The lowest BCUT2D eigenvalue weighted by Crippen LogP contribution is -2.45. The molecule has 1 atom stereocenters. The minimum absolute atomic E-state index is 0.100. The number of hydrogen-bond donors (Lipinski definition) is 2. The van der Waals surface area contributed by atoms with Crippen molar-refractivity contribution in [1.29, 1.82) is 0 Å². The summed E-state index contributed by atoms with van der Waals surface area (Å²) in [6.07, 6.45) is 1.49. The predicted octanol–water partition coefficient (Wildman–Crippen LogP) is 3.25. The van der Waals surface area contributed by atoms with Crippen LogP contribution in [0.3, 0.4) is 0 Å². The molecule has 4 rings (SSSR count). The van der Waals surface area contributed by atoms with Gasteiger partial charge in [-0.15, -0.1) is 0 Å². The topological polar surface area (TPSA) is 79.4 Å². The Labute approximate surface area is 171 Å². The van der Waals surface area contributed by atoms with Crippen molar-refractivity contribution in [2.24, 2.45) is 5.92 Å². The number of aryl methyl sites for hydroxylation is 1. The predicted molar refractivity (Wildman–Crippen MR) is 105 cm³/mol. The van der Waals surface area contributed by atoms with Crippen LogP contribution in [0, 0.1) is 30.3 Å². The van der Waals surface area contributed by atoms with Crippen LogP contribution in [0.15, 0.2) is 12.1 Å². The number of aromatic nitrogens is 2. The average Bonchev–Trinajstić information content (AvgIpc) is 2.66. The fourth-order valence-electron chi connectivity index (χ4n) is 3.61. The Morgan fingerprint density at radius 2 is 1.90 bits per heavy atom. The van der Waals surface area contributed by atoms with Gasteiger partial charge in [0.1, 0.15) is 11.7 Å². The van der Waals surface area contributed by atoms with Gasteiger partial charge in [-0.3, -0.25) is 4.79 Å². The van der Waals surface area contributed by atoms with Crippen LogP contribution < -0.4 is 20.3 Å². The second-order valence-electron chi connectivity index (χ2n) is 7.79. The van der Waals surface area contributed by atoms with E-state index in [1.165, 1.54) is 0 Å². The summed E-state index contributed by atoms with van der Waals surface area (Å²) >= 11 is 0. The van der Waals surface area contributed by atoms with Gasteiger partial charge < -0.3 is 20.3 Å². The lowest BCUT2D eigenvalue weighted by molar-refractivity contribution is -0.117. The van der Waals surface area contributed by atoms with Crippen molar-refractivity contribution in [2.75, 3.05) is 29.2 Å². The highest BCUT2D eigenvalue weighted by molar-refractivity contribution is 6.03. The van der Waals surface area contributed by atoms with Gasteiger partial charge in [-0.25, -0.2) is 18.2 Å². The molecule has 2 aliphatic rings. The molecule has 1 aliphatic heterocycles. The van der Waals surface area contributed by atoms with E-state index in [1.54, 1.807) is 6.92 Å². The molecule has 1 saturated carbocycles. The first kappa shape index (κ1) is 20.2. The minimum Gasteiger partial charge on any atom is -0.490 e. The van der Waals surface area contributed by atoms with Crippen LogP contribution in [0.4, 0.5) is 30.6 Å². The average molecular weight is 421 g/mol. The molecule has 2 N–H and O–H groups in total. The molecule has 1 aliphatic carbocycles. The Hall–Kier alpha value is -3.04. The Kier molecular flexibility index (Phi) is 5.17. The van der Waals surface area contributed by atoms with Gasteiger partial charge in [0, 0.05) is 25.2 Å². The van der Waals surface area contributed by atoms with E-state index in [9.17, 15) is 18.0 Å². The van der Waals surface area contributed by atoms with E-state index in [0.29, 0.717) is 29.2 Å². The standard InChI is InChI=1S/C20H22F3N5O2/c1-9-17-18(28(3)10(2)19(29)26-17)27-20(24-9)25-12-4-11(5-12)8-30-16-7-14(22)13(21)6-15(16)23/h6-7,10-12H,4-5,8H2,1-3H3,(H,26,29)(H,24,25,27)/t10-,11?,12?/m0/s1. The number of nitrogens with one attached hydrogen (secondary N) is 2. The van der Waals surface area contributed by atoms with E-state index in [2.05, 4.69) is 20.6 Å². The van der Waals surface area contributed by atoms with Crippen molar-refractivity contribution in [2.45, 2.75) is 38.8 Å². The molecule has 0 unspecified atom stereocenters. The van der Waals surface area contributed by atoms with Crippen molar-refractivity contribution in [3.05, 3.63) is 35.3 Å². The van der Waals surface area contributed by atoms with Gasteiger partial charge in [-0.05, 0) is 32.6 Å². The lowest BCUT2D eigenvalue weighted by atomic mass is 9.81. The molecule has 30 heavy (non-hydrogen) atoms. The smallest absolute Gasteiger partial charge is 0.246 e. The van der Waals surface area contributed by atoms with Crippen molar-refractivity contribution in [3.8, 4) is 5.75 Å². The first-order valence-corrected chi connectivity index (χ1v) is 9.69. The molecule has 160 valence electrons. The van der Waals surface area contributed by atoms with Crippen molar-refractivity contribution in [3.63, 3.8) is 0 Å². The van der Waals surface area contributed by atoms with Crippen molar-refractivity contribution in [1.82, 2.24) is 9.97 Å². The number of ether oxygens (including phenoxy) is 1. The normalized spacial score (nSPS) is 22.8. The van der Waals surface area contributed by atoms with E-state index in [-0.39, 0.29) is 36.3 Å². The van der Waals surface area contributed by atoms with Crippen LogP contribution in [-0.2, 0) is 4.79 Å². The maximum absolute atomic E-state index is 13.6. The molecule has 0 bridgehead atoms. The van der Waals surface area contributed by atoms with Crippen LogP contribution in [0.2, 0.25) is 0 Å². The van der Waals surface area contributed by atoms with Crippen molar-refractivity contribution < 1.29 is 22.7 Å². The van der Waals surface area contributed by atoms with Gasteiger partial charge in [0.05, 0.1) is 12.3 Å².